The topological polar surface area (TPSA) is 38.8 Å². The molecular formula is C23H32N4O. The van der Waals surface area contributed by atoms with Crippen molar-refractivity contribution in [3.8, 4) is 0 Å². The van der Waals surface area contributed by atoms with E-state index in [0.29, 0.717) is 6.54 Å². The van der Waals surface area contributed by atoms with Crippen molar-refractivity contribution in [1.29, 1.82) is 0 Å². The molecule has 0 atom stereocenters. The van der Waals surface area contributed by atoms with E-state index in [1.165, 1.54) is 11.1 Å². The quantitative estimate of drug-likeness (QED) is 0.837. The average Bonchev–Trinajstić information content (AvgIpc) is 2.93. The molecule has 0 bridgehead atoms. The normalized spacial score (nSPS) is 15.5. The minimum absolute atomic E-state index is 0.0407. The standard InChI is InChI=1S/C23H32N4O/c1-25(2)18-22-11-9-20(10-12-22)17-24-23(28)27-14-6-13-26(15-16-27)19-21-7-4-3-5-8-21/h3-5,7-12H,6,13-19H2,1-2H3,(H,24,28). The summed E-state index contributed by atoms with van der Waals surface area (Å²) < 4.78 is 0. The number of benzene rings is 2. The van der Waals surface area contributed by atoms with Crippen LogP contribution in [0.3, 0.4) is 0 Å². The minimum Gasteiger partial charge on any atom is -0.334 e. The maximum atomic E-state index is 12.6. The van der Waals surface area contributed by atoms with Crippen molar-refractivity contribution < 1.29 is 4.79 Å². The minimum atomic E-state index is 0.0407. The van der Waals surface area contributed by atoms with Gasteiger partial charge in [0.05, 0.1) is 0 Å². The van der Waals surface area contributed by atoms with Crippen LogP contribution in [0.25, 0.3) is 0 Å². The first-order chi connectivity index (χ1) is 13.6. The van der Waals surface area contributed by atoms with E-state index in [4.69, 9.17) is 0 Å². The number of amides is 2. The van der Waals surface area contributed by atoms with Gasteiger partial charge in [0.15, 0.2) is 0 Å². The first-order valence-corrected chi connectivity index (χ1v) is 10.1. The van der Waals surface area contributed by atoms with Crippen molar-refractivity contribution in [1.82, 2.24) is 20.0 Å². The molecular weight excluding hydrogens is 348 g/mol. The third-order valence-electron chi connectivity index (χ3n) is 5.09. The second kappa shape index (κ2) is 10.2. The summed E-state index contributed by atoms with van der Waals surface area (Å²) in [6.45, 7) is 6.01. The molecule has 1 saturated heterocycles. The lowest BCUT2D eigenvalue weighted by Gasteiger charge is -2.22. The lowest BCUT2D eigenvalue weighted by atomic mass is 10.1. The number of carbonyl (C=O) groups is 1. The van der Waals surface area contributed by atoms with E-state index in [1.54, 1.807) is 0 Å². The number of urea groups is 1. The van der Waals surface area contributed by atoms with Crippen molar-refractivity contribution >= 4 is 6.03 Å². The van der Waals surface area contributed by atoms with E-state index >= 15 is 0 Å². The van der Waals surface area contributed by atoms with Gasteiger partial charge in [0.1, 0.15) is 0 Å². The molecule has 0 radical (unpaired) electrons. The lowest BCUT2D eigenvalue weighted by Crippen LogP contribution is -2.41. The number of hydrogen-bond donors (Lipinski definition) is 1. The van der Waals surface area contributed by atoms with Crippen LogP contribution in [0.5, 0.6) is 0 Å². The molecule has 0 aromatic heterocycles. The van der Waals surface area contributed by atoms with E-state index in [0.717, 1.165) is 51.3 Å². The van der Waals surface area contributed by atoms with Crippen molar-refractivity contribution in [3.05, 3.63) is 71.3 Å². The van der Waals surface area contributed by atoms with Gasteiger partial charge in [-0.25, -0.2) is 4.79 Å². The number of rotatable bonds is 6. The molecule has 0 aliphatic carbocycles. The summed E-state index contributed by atoms with van der Waals surface area (Å²) in [5, 5.41) is 3.08. The van der Waals surface area contributed by atoms with E-state index in [-0.39, 0.29) is 6.03 Å². The van der Waals surface area contributed by atoms with Gasteiger partial charge >= 0.3 is 6.03 Å². The van der Waals surface area contributed by atoms with Gasteiger partial charge < -0.3 is 15.1 Å². The maximum absolute atomic E-state index is 12.6. The Kier molecular flexibility index (Phi) is 7.46. The van der Waals surface area contributed by atoms with Crippen molar-refractivity contribution in [2.75, 3.05) is 40.3 Å². The summed E-state index contributed by atoms with van der Waals surface area (Å²) in [5.74, 6) is 0. The van der Waals surface area contributed by atoms with Crippen molar-refractivity contribution in [2.45, 2.75) is 26.1 Å². The average molecular weight is 381 g/mol. The van der Waals surface area contributed by atoms with Crippen LogP contribution in [0.15, 0.2) is 54.6 Å². The number of nitrogens with zero attached hydrogens (tertiary/aromatic N) is 3. The second-order valence-corrected chi connectivity index (χ2v) is 7.82. The zero-order valence-corrected chi connectivity index (χ0v) is 17.1. The molecule has 150 valence electrons. The molecule has 28 heavy (non-hydrogen) atoms. The van der Waals surface area contributed by atoms with Crippen LogP contribution in [-0.2, 0) is 19.6 Å². The summed E-state index contributed by atoms with van der Waals surface area (Å²) in [4.78, 5) is 19.1. The Labute approximate surface area is 168 Å². The van der Waals surface area contributed by atoms with E-state index in [1.807, 2.05) is 11.0 Å². The van der Waals surface area contributed by atoms with Gasteiger partial charge in [-0.15, -0.1) is 0 Å². The Bertz CT molecular complexity index is 730. The van der Waals surface area contributed by atoms with Gasteiger partial charge in [-0.1, -0.05) is 54.6 Å². The van der Waals surface area contributed by atoms with Crippen molar-refractivity contribution in [2.24, 2.45) is 0 Å². The maximum Gasteiger partial charge on any atom is 0.317 e. The smallest absolute Gasteiger partial charge is 0.317 e. The van der Waals surface area contributed by atoms with Crippen LogP contribution in [-0.4, -0.2) is 61.0 Å². The molecule has 0 saturated carbocycles. The predicted octanol–water partition coefficient (Wildman–Crippen LogP) is 3.17. The summed E-state index contributed by atoms with van der Waals surface area (Å²) in [7, 11) is 4.13. The fraction of sp³-hybridized carbons (Fsp3) is 0.435. The third-order valence-corrected chi connectivity index (χ3v) is 5.09. The molecule has 0 spiro atoms. The molecule has 1 fully saturated rings. The largest absolute Gasteiger partial charge is 0.334 e. The monoisotopic (exact) mass is 380 g/mol. The van der Waals surface area contributed by atoms with Crippen LogP contribution >= 0.6 is 0 Å². The Morgan fingerprint density at radius 1 is 0.893 bits per heavy atom. The number of nitrogens with one attached hydrogen (secondary N) is 1. The zero-order valence-electron chi connectivity index (χ0n) is 17.1. The van der Waals surface area contributed by atoms with E-state index in [2.05, 4.69) is 77.7 Å². The van der Waals surface area contributed by atoms with Gasteiger partial charge in [0.25, 0.3) is 0 Å². The van der Waals surface area contributed by atoms with Gasteiger partial charge in [0.2, 0.25) is 0 Å². The lowest BCUT2D eigenvalue weighted by molar-refractivity contribution is 0.197. The molecule has 1 heterocycles. The van der Waals surface area contributed by atoms with Gasteiger partial charge in [0, 0.05) is 45.8 Å². The first-order valence-electron chi connectivity index (χ1n) is 10.1. The molecule has 2 aromatic rings. The molecule has 1 aliphatic heterocycles. The highest BCUT2D eigenvalue weighted by molar-refractivity contribution is 5.74. The zero-order chi connectivity index (χ0) is 19.8. The van der Waals surface area contributed by atoms with Crippen LogP contribution in [0.1, 0.15) is 23.1 Å². The molecule has 1 N–H and O–H groups in total. The third kappa shape index (κ3) is 6.36. The predicted molar refractivity (Wildman–Crippen MR) is 114 cm³/mol. The Hall–Kier alpha value is -2.37. The van der Waals surface area contributed by atoms with Gasteiger partial charge in [-0.05, 0) is 37.2 Å². The van der Waals surface area contributed by atoms with Crippen molar-refractivity contribution in [3.63, 3.8) is 0 Å². The Balaban J connectivity index is 1.44. The molecule has 2 aromatic carbocycles. The fourth-order valence-corrected chi connectivity index (χ4v) is 3.59. The summed E-state index contributed by atoms with van der Waals surface area (Å²) in [5.41, 5.74) is 3.75. The Morgan fingerprint density at radius 2 is 1.61 bits per heavy atom. The highest BCUT2D eigenvalue weighted by atomic mass is 16.2. The second-order valence-electron chi connectivity index (χ2n) is 7.82. The SMILES string of the molecule is CN(C)Cc1ccc(CNC(=O)N2CCCN(Cc3ccccc3)CC2)cc1. The number of hydrogen-bond acceptors (Lipinski definition) is 3. The summed E-state index contributed by atoms with van der Waals surface area (Å²) >= 11 is 0. The van der Waals surface area contributed by atoms with Crippen LogP contribution in [0.4, 0.5) is 4.79 Å². The molecule has 3 rings (SSSR count). The molecule has 2 amide bonds. The van der Waals surface area contributed by atoms with Crippen LogP contribution in [0.2, 0.25) is 0 Å². The van der Waals surface area contributed by atoms with Crippen LogP contribution in [0, 0.1) is 0 Å². The van der Waals surface area contributed by atoms with E-state index < -0.39 is 0 Å². The molecule has 0 unspecified atom stereocenters. The van der Waals surface area contributed by atoms with E-state index in [9.17, 15) is 4.79 Å². The van der Waals surface area contributed by atoms with Crippen LogP contribution < -0.4 is 5.32 Å². The highest BCUT2D eigenvalue weighted by Crippen LogP contribution is 2.10. The Morgan fingerprint density at radius 3 is 2.32 bits per heavy atom. The number of carbonyl (C=O) groups excluding carboxylic acids is 1. The fourth-order valence-electron chi connectivity index (χ4n) is 3.59. The van der Waals surface area contributed by atoms with Gasteiger partial charge in [-0.3, -0.25) is 4.90 Å². The molecule has 5 heteroatoms. The summed E-state index contributed by atoms with van der Waals surface area (Å²) in [6.07, 6.45) is 1.01. The van der Waals surface area contributed by atoms with Gasteiger partial charge in [-0.2, -0.15) is 0 Å². The summed E-state index contributed by atoms with van der Waals surface area (Å²) in [6, 6.07) is 19.1. The first kappa shape index (κ1) is 20.4. The molecule has 1 aliphatic rings. The molecule has 5 nitrogen and oxygen atoms in total. The highest BCUT2D eigenvalue weighted by Gasteiger charge is 2.18.